The van der Waals surface area contributed by atoms with Gasteiger partial charge in [0.05, 0.1) is 5.02 Å². The van der Waals surface area contributed by atoms with Crippen LogP contribution in [0.2, 0.25) is 5.02 Å². The predicted molar refractivity (Wildman–Crippen MR) is 75.2 cm³/mol. The molecule has 0 bridgehead atoms. The summed E-state index contributed by atoms with van der Waals surface area (Å²) in [6.45, 7) is 6.42. The lowest BCUT2D eigenvalue weighted by atomic mass is 10.2. The zero-order valence-electron chi connectivity index (χ0n) is 10.6. The first-order chi connectivity index (χ1) is 8.63. The van der Waals surface area contributed by atoms with Crippen molar-refractivity contribution in [3.63, 3.8) is 0 Å². The van der Waals surface area contributed by atoms with Gasteiger partial charge >= 0.3 is 0 Å². The summed E-state index contributed by atoms with van der Waals surface area (Å²) in [5.41, 5.74) is 0. The van der Waals surface area contributed by atoms with Gasteiger partial charge in [0.15, 0.2) is 0 Å². The fourth-order valence-electron chi connectivity index (χ4n) is 1.48. The van der Waals surface area contributed by atoms with E-state index in [4.69, 9.17) is 16.3 Å². The van der Waals surface area contributed by atoms with Crippen molar-refractivity contribution in [2.24, 2.45) is 0 Å². The molecule has 2 unspecified atom stereocenters. The van der Waals surface area contributed by atoms with Crippen molar-refractivity contribution in [2.45, 2.75) is 25.5 Å². The Bertz CT molecular complexity index is 371. The van der Waals surface area contributed by atoms with E-state index in [0.29, 0.717) is 23.4 Å². The smallest absolute Gasteiger partial charge is 0.138 e. The molecular weight excluding hydrogens is 250 g/mol. The summed E-state index contributed by atoms with van der Waals surface area (Å²) in [5.74, 6) is 0.595. The molecule has 0 amide bonds. The van der Waals surface area contributed by atoms with Crippen molar-refractivity contribution < 1.29 is 9.84 Å². The van der Waals surface area contributed by atoms with Gasteiger partial charge in [-0.25, -0.2) is 0 Å². The number of para-hydroxylation sites is 1. The van der Waals surface area contributed by atoms with Crippen LogP contribution >= 0.6 is 11.6 Å². The third kappa shape index (κ3) is 5.54. The molecule has 0 saturated heterocycles. The van der Waals surface area contributed by atoms with Crippen molar-refractivity contribution in [1.82, 2.24) is 5.32 Å². The fraction of sp³-hybridized carbons (Fsp3) is 0.429. The van der Waals surface area contributed by atoms with E-state index >= 15 is 0 Å². The van der Waals surface area contributed by atoms with Crippen LogP contribution in [0.5, 0.6) is 5.75 Å². The van der Waals surface area contributed by atoms with E-state index in [1.807, 2.05) is 25.1 Å². The zero-order chi connectivity index (χ0) is 13.4. The first-order valence-electron chi connectivity index (χ1n) is 6.03. The molecule has 100 valence electrons. The molecule has 0 fully saturated rings. The zero-order valence-corrected chi connectivity index (χ0v) is 11.4. The van der Waals surface area contributed by atoms with E-state index in [1.54, 1.807) is 12.1 Å². The van der Waals surface area contributed by atoms with Crippen molar-refractivity contribution in [2.75, 3.05) is 13.2 Å². The molecule has 1 aromatic rings. The third-order valence-corrected chi connectivity index (χ3v) is 2.80. The summed E-state index contributed by atoms with van der Waals surface area (Å²) in [6.07, 6.45) is 2.16. The molecule has 0 heterocycles. The average molecular weight is 270 g/mol. The Kier molecular flexibility index (Phi) is 6.80. The molecule has 0 radical (unpaired) electrons. The lowest BCUT2D eigenvalue weighted by molar-refractivity contribution is 0.104. The summed E-state index contributed by atoms with van der Waals surface area (Å²) < 4.78 is 5.45. The lowest BCUT2D eigenvalue weighted by Gasteiger charge is -2.16. The first-order valence-corrected chi connectivity index (χ1v) is 6.41. The molecule has 0 saturated carbocycles. The van der Waals surface area contributed by atoms with Gasteiger partial charge in [-0.3, -0.25) is 0 Å². The Morgan fingerprint density at radius 3 is 2.89 bits per heavy atom. The van der Waals surface area contributed by atoms with Gasteiger partial charge in [0.1, 0.15) is 18.5 Å². The average Bonchev–Trinajstić information content (AvgIpc) is 2.36. The Hall–Kier alpha value is -1.03. The van der Waals surface area contributed by atoms with Crippen LogP contribution in [0, 0.1) is 0 Å². The molecule has 2 N–H and O–H groups in total. The highest BCUT2D eigenvalue weighted by Crippen LogP contribution is 2.22. The minimum Gasteiger partial charge on any atom is -0.489 e. The van der Waals surface area contributed by atoms with Crippen LogP contribution in [0.15, 0.2) is 36.9 Å². The standard InChI is InChI=1S/C14H20ClNO2/c1-3-6-11(2)16-9-12(17)10-18-14-8-5-4-7-13(14)15/h3-5,7-8,11-12,16-17H,1,6,9-10H2,2H3. The Morgan fingerprint density at radius 2 is 2.22 bits per heavy atom. The van der Waals surface area contributed by atoms with Crippen LogP contribution in [0.25, 0.3) is 0 Å². The molecule has 2 atom stereocenters. The molecule has 1 aromatic carbocycles. The van der Waals surface area contributed by atoms with E-state index in [0.717, 1.165) is 6.42 Å². The number of halogens is 1. The fourth-order valence-corrected chi connectivity index (χ4v) is 1.67. The Balaban J connectivity index is 2.27. The van der Waals surface area contributed by atoms with Crippen LogP contribution in [0.4, 0.5) is 0 Å². The highest BCUT2D eigenvalue weighted by Gasteiger charge is 2.08. The number of nitrogens with one attached hydrogen (secondary N) is 1. The number of benzene rings is 1. The number of rotatable bonds is 8. The summed E-state index contributed by atoms with van der Waals surface area (Å²) >= 11 is 5.94. The van der Waals surface area contributed by atoms with E-state index in [9.17, 15) is 5.11 Å². The molecule has 0 aliphatic heterocycles. The number of aliphatic hydroxyl groups is 1. The minimum atomic E-state index is -0.562. The number of hydrogen-bond acceptors (Lipinski definition) is 3. The number of hydrogen-bond donors (Lipinski definition) is 2. The van der Waals surface area contributed by atoms with Crippen LogP contribution in [-0.4, -0.2) is 30.4 Å². The van der Waals surface area contributed by atoms with E-state index < -0.39 is 6.10 Å². The van der Waals surface area contributed by atoms with E-state index in [2.05, 4.69) is 11.9 Å². The summed E-state index contributed by atoms with van der Waals surface area (Å²) in [5, 5.41) is 13.5. The predicted octanol–water partition coefficient (Wildman–Crippen LogP) is 2.63. The molecular formula is C14H20ClNO2. The second kappa shape index (κ2) is 8.14. The Morgan fingerprint density at radius 1 is 1.50 bits per heavy atom. The van der Waals surface area contributed by atoms with E-state index in [-0.39, 0.29) is 6.61 Å². The van der Waals surface area contributed by atoms with Gasteiger partial charge in [0, 0.05) is 12.6 Å². The lowest BCUT2D eigenvalue weighted by Crippen LogP contribution is -2.36. The molecule has 0 aliphatic rings. The van der Waals surface area contributed by atoms with Crippen molar-refractivity contribution in [3.8, 4) is 5.75 Å². The molecule has 4 heteroatoms. The van der Waals surface area contributed by atoms with Gasteiger partial charge in [0.2, 0.25) is 0 Å². The van der Waals surface area contributed by atoms with E-state index in [1.165, 1.54) is 0 Å². The van der Waals surface area contributed by atoms with Gasteiger partial charge in [-0.15, -0.1) is 6.58 Å². The quantitative estimate of drug-likeness (QED) is 0.713. The second-order valence-electron chi connectivity index (χ2n) is 4.23. The van der Waals surface area contributed by atoms with Gasteiger partial charge in [-0.2, -0.15) is 0 Å². The van der Waals surface area contributed by atoms with Gasteiger partial charge in [0.25, 0.3) is 0 Å². The van der Waals surface area contributed by atoms with Crippen LogP contribution in [0.3, 0.4) is 0 Å². The minimum absolute atomic E-state index is 0.220. The number of aliphatic hydroxyl groups excluding tert-OH is 1. The normalized spacial score (nSPS) is 13.9. The van der Waals surface area contributed by atoms with Crippen LogP contribution in [0.1, 0.15) is 13.3 Å². The molecule has 0 aromatic heterocycles. The van der Waals surface area contributed by atoms with Gasteiger partial charge in [-0.05, 0) is 25.5 Å². The monoisotopic (exact) mass is 269 g/mol. The third-order valence-electron chi connectivity index (χ3n) is 2.49. The summed E-state index contributed by atoms with van der Waals surface area (Å²) in [4.78, 5) is 0. The number of ether oxygens (including phenoxy) is 1. The van der Waals surface area contributed by atoms with Gasteiger partial charge < -0.3 is 15.2 Å². The van der Waals surface area contributed by atoms with Crippen molar-refractivity contribution >= 4 is 11.6 Å². The molecule has 1 rings (SSSR count). The first kappa shape index (κ1) is 15.0. The highest BCUT2D eigenvalue weighted by atomic mass is 35.5. The maximum Gasteiger partial charge on any atom is 0.138 e. The topological polar surface area (TPSA) is 41.5 Å². The van der Waals surface area contributed by atoms with Crippen LogP contribution in [-0.2, 0) is 0 Å². The molecule has 0 aliphatic carbocycles. The largest absolute Gasteiger partial charge is 0.489 e. The Labute approximate surface area is 113 Å². The molecule has 3 nitrogen and oxygen atoms in total. The summed E-state index contributed by atoms with van der Waals surface area (Å²) in [6, 6.07) is 7.52. The second-order valence-corrected chi connectivity index (χ2v) is 4.64. The summed E-state index contributed by atoms with van der Waals surface area (Å²) in [7, 11) is 0. The maximum absolute atomic E-state index is 9.76. The van der Waals surface area contributed by atoms with Crippen molar-refractivity contribution in [1.29, 1.82) is 0 Å². The molecule has 18 heavy (non-hydrogen) atoms. The SMILES string of the molecule is C=CCC(C)NCC(O)COc1ccccc1Cl. The van der Waals surface area contributed by atoms with Crippen molar-refractivity contribution in [3.05, 3.63) is 41.9 Å². The van der Waals surface area contributed by atoms with Gasteiger partial charge in [-0.1, -0.05) is 29.8 Å². The maximum atomic E-state index is 9.76. The molecule has 0 spiro atoms. The highest BCUT2D eigenvalue weighted by molar-refractivity contribution is 6.32. The van der Waals surface area contributed by atoms with Crippen LogP contribution < -0.4 is 10.1 Å².